The average Bonchev–Trinajstić information content (AvgIpc) is 3.14. The third kappa shape index (κ3) is 34.5. The van der Waals surface area contributed by atoms with Crippen molar-refractivity contribution in [3.8, 4) is 0 Å². The zero-order valence-electron chi connectivity index (χ0n) is 35.8. The molecule has 0 saturated heterocycles. The molecule has 0 atom stereocenters. The van der Waals surface area contributed by atoms with E-state index < -0.39 is 11.9 Å². The van der Waals surface area contributed by atoms with Crippen molar-refractivity contribution in [1.82, 2.24) is 0 Å². The molecule has 0 aliphatic rings. The van der Waals surface area contributed by atoms with Crippen molar-refractivity contribution in [3.63, 3.8) is 0 Å². The number of carboxylic acid groups (broad SMARTS) is 2. The molecule has 0 aromatic heterocycles. The Balaban J connectivity index is 4.69. The Morgan fingerprint density at radius 1 is 0.296 bits per heavy atom. The molecule has 0 fully saturated rings. The summed E-state index contributed by atoms with van der Waals surface area (Å²) in [7, 11) is 0. The van der Waals surface area contributed by atoms with Crippen LogP contribution < -0.4 is 0 Å². The zero-order valence-corrected chi connectivity index (χ0v) is 35.8. The van der Waals surface area contributed by atoms with Gasteiger partial charge in [0.25, 0.3) is 0 Å². The van der Waals surface area contributed by atoms with Crippen molar-refractivity contribution < 1.29 is 29.4 Å². The first-order valence-electron chi connectivity index (χ1n) is 23.6. The molecule has 0 aliphatic carbocycles. The summed E-state index contributed by atoms with van der Waals surface area (Å²) in [5.41, 5.74) is 0.0833. The second-order valence-electron chi connectivity index (χ2n) is 16.4. The molecule has 2 N–H and O–H groups in total. The fourth-order valence-electron chi connectivity index (χ4n) is 7.70. The van der Waals surface area contributed by atoms with Gasteiger partial charge in [0.15, 0.2) is 11.6 Å². The molecule has 0 radical (unpaired) electrons. The topological polar surface area (TPSA) is 109 Å². The Morgan fingerprint density at radius 3 is 0.815 bits per heavy atom. The van der Waals surface area contributed by atoms with E-state index in [-0.39, 0.29) is 30.0 Å². The maximum Gasteiger partial charge on any atom is 0.339 e. The molecule has 0 rings (SSSR count). The number of ketones is 2. The molecule has 54 heavy (non-hydrogen) atoms. The number of rotatable bonds is 44. The summed E-state index contributed by atoms with van der Waals surface area (Å²) in [6.07, 6.45) is 43.0. The quantitative estimate of drug-likeness (QED) is 0.0277. The van der Waals surface area contributed by atoms with Gasteiger partial charge in [0.2, 0.25) is 0 Å². The Morgan fingerprint density at radius 2 is 0.537 bits per heavy atom. The van der Waals surface area contributed by atoms with E-state index >= 15 is 0 Å². The first-order valence-corrected chi connectivity index (χ1v) is 23.6. The molecule has 0 aliphatic heterocycles. The molecule has 0 amide bonds. The molecule has 0 bridgehead atoms. The SMILES string of the molecule is CCCCCCCCCCCCCC(=O)C(CCCCCCCCCCCCCCCCC(=O)O)=C(C(=O)O)C(=O)CCCCCCCCCCCCC. The largest absolute Gasteiger partial charge is 0.481 e. The van der Waals surface area contributed by atoms with Gasteiger partial charge in [-0.05, 0) is 32.1 Å². The lowest BCUT2D eigenvalue weighted by Crippen LogP contribution is -2.19. The maximum atomic E-state index is 13.5. The molecule has 0 saturated carbocycles. The molecule has 6 nitrogen and oxygen atoms in total. The summed E-state index contributed by atoms with van der Waals surface area (Å²) in [6.45, 7) is 4.49. The second kappa shape index (κ2) is 40.7. The lowest BCUT2D eigenvalue weighted by atomic mass is 9.90. The van der Waals surface area contributed by atoms with E-state index in [1.165, 1.54) is 148 Å². The van der Waals surface area contributed by atoms with Crippen LogP contribution in [0.1, 0.15) is 271 Å². The van der Waals surface area contributed by atoms with E-state index in [0.29, 0.717) is 24.8 Å². The van der Waals surface area contributed by atoms with Crippen molar-refractivity contribution in [2.24, 2.45) is 0 Å². The number of Topliss-reactive ketones (excluding diaryl/α,β-unsaturated/α-hetero) is 2. The first-order chi connectivity index (χ1) is 26.3. The van der Waals surface area contributed by atoms with Gasteiger partial charge in [-0.25, -0.2) is 4.79 Å². The highest BCUT2D eigenvalue weighted by molar-refractivity contribution is 6.21. The van der Waals surface area contributed by atoms with Gasteiger partial charge in [-0.1, -0.05) is 219 Å². The van der Waals surface area contributed by atoms with Crippen molar-refractivity contribution in [3.05, 3.63) is 11.1 Å². The molecular weight excluding hydrogens is 673 g/mol. The number of aliphatic carboxylic acids is 2. The minimum absolute atomic E-state index is 0.115. The monoisotopic (exact) mass is 761 g/mol. The molecule has 6 heteroatoms. The summed E-state index contributed by atoms with van der Waals surface area (Å²) in [6, 6.07) is 0. The molecule has 0 aromatic rings. The first kappa shape index (κ1) is 52.0. The lowest BCUT2D eigenvalue weighted by Gasteiger charge is -2.12. The normalized spacial score (nSPS) is 11.9. The number of hydrogen-bond acceptors (Lipinski definition) is 4. The smallest absolute Gasteiger partial charge is 0.339 e. The van der Waals surface area contributed by atoms with Crippen molar-refractivity contribution in [2.45, 2.75) is 271 Å². The van der Waals surface area contributed by atoms with Crippen molar-refractivity contribution in [2.75, 3.05) is 0 Å². The van der Waals surface area contributed by atoms with Gasteiger partial charge >= 0.3 is 11.9 Å². The van der Waals surface area contributed by atoms with E-state index in [9.17, 15) is 24.3 Å². The molecule has 0 heterocycles. The third-order valence-corrected chi connectivity index (χ3v) is 11.2. The summed E-state index contributed by atoms with van der Waals surface area (Å²) in [4.78, 5) is 49.9. The van der Waals surface area contributed by atoms with Gasteiger partial charge in [0, 0.05) is 24.8 Å². The molecule has 0 aromatic carbocycles. The fraction of sp³-hybridized carbons (Fsp3) is 0.875. The minimum atomic E-state index is -1.22. The van der Waals surface area contributed by atoms with Crippen LogP contribution in [-0.2, 0) is 19.2 Å². The van der Waals surface area contributed by atoms with Crippen LogP contribution in [0.15, 0.2) is 11.1 Å². The summed E-state index contributed by atoms with van der Waals surface area (Å²) < 4.78 is 0. The van der Waals surface area contributed by atoms with Gasteiger partial charge in [0.05, 0.1) is 0 Å². The van der Waals surface area contributed by atoms with Gasteiger partial charge in [-0.15, -0.1) is 0 Å². The highest BCUT2D eigenvalue weighted by atomic mass is 16.4. The number of allylic oxidation sites excluding steroid dienone is 1. The van der Waals surface area contributed by atoms with Gasteiger partial charge < -0.3 is 10.2 Å². The molecular formula is C48H88O6. The van der Waals surface area contributed by atoms with Crippen LogP contribution in [-0.4, -0.2) is 33.7 Å². The third-order valence-electron chi connectivity index (χ3n) is 11.2. The Bertz CT molecular complexity index is 937. The lowest BCUT2D eigenvalue weighted by molar-refractivity contribution is -0.137. The zero-order chi connectivity index (χ0) is 39.7. The summed E-state index contributed by atoms with van der Waals surface area (Å²) >= 11 is 0. The van der Waals surface area contributed by atoms with E-state index in [2.05, 4.69) is 13.8 Å². The Labute approximate surface area is 333 Å². The summed E-state index contributed by atoms with van der Waals surface area (Å²) in [5, 5.41) is 18.9. The van der Waals surface area contributed by atoms with Crippen LogP contribution in [0.4, 0.5) is 0 Å². The predicted molar refractivity (Wildman–Crippen MR) is 228 cm³/mol. The second-order valence-corrected chi connectivity index (χ2v) is 16.4. The number of carbonyl (C=O) groups is 4. The number of unbranched alkanes of at least 4 members (excludes halogenated alkanes) is 33. The van der Waals surface area contributed by atoms with Crippen LogP contribution in [0, 0.1) is 0 Å². The standard InChI is InChI=1S/C48H88O6/c1-3-5-7-9-11-13-19-24-28-32-36-40-44(49)43(39-35-31-27-23-21-17-15-16-18-22-26-30-34-38-42-46(51)52)47(48(53)54)45(50)41-37-33-29-25-20-14-12-10-8-6-4-2/h3-42H2,1-2H3,(H,51,52)(H,53,54). The predicted octanol–water partition coefficient (Wildman–Crippen LogP) is 15.2. The Kier molecular flexibility index (Phi) is 39.2. The van der Waals surface area contributed by atoms with Crippen LogP contribution in [0.25, 0.3) is 0 Å². The van der Waals surface area contributed by atoms with Crippen LogP contribution in [0.2, 0.25) is 0 Å². The van der Waals surface area contributed by atoms with E-state index in [0.717, 1.165) is 77.0 Å². The highest BCUT2D eigenvalue weighted by Gasteiger charge is 2.25. The molecule has 0 unspecified atom stereocenters. The van der Waals surface area contributed by atoms with E-state index in [1.54, 1.807) is 0 Å². The average molecular weight is 761 g/mol. The molecule has 316 valence electrons. The van der Waals surface area contributed by atoms with Gasteiger partial charge in [-0.2, -0.15) is 0 Å². The van der Waals surface area contributed by atoms with Gasteiger partial charge in [0.1, 0.15) is 5.57 Å². The fourth-order valence-corrected chi connectivity index (χ4v) is 7.70. The molecule has 0 spiro atoms. The van der Waals surface area contributed by atoms with Crippen LogP contribution >= 0.6 is 0 Å². The van der Waals surface area contributed by atoms with Gasteiger partial charge in [-0.3, -0.25) is 14.4 Å². The number of carbonyl (C=O) groups excluding carboxylic acids is 2. The Hall–Kier alpha value is -1.98. The highest BCUT2D eigenvalue weighted by Crippen LogP contribution is 2.23. The summed E-state index contributed by atoms with van der Waals surface area (Å²) in [5.74, 6) is -2.38. The van der Waals surface area contributed by atoms with Crippen molar-refractivity contribution >= 4 is 23.5 Å². The number of carboxylic acids is 2. The van der Waals surface area contributed by atoms with Crippen LogP contribution in [0.5, 0.6) is 0 Å². The minimum Gasteiger partial charge on any atom is -0.481 e. The van der Waals surface area contributed by atoms with E-state index in [4.69, 9.17) is 5.11 Å². The number of hydrogen-bond donors (Lipinski definition) is 2. The van der Waals surface area contributed by atoms with Crippen LogP contribution in [0.3, 0.4) is 0 Å². The maximum absolute atomic E-state index is 13.5. The van der Waals surface area contributed by atoms with Crippen molar-refractivity contribution in [1.29, 1.82) is 0 Å². The van der Waals surface area contributed by atoms with E-state index in [1.807, 2.05) is 0 Å².